The van der Waals surface area contributed by atoms with Gasteiger partial charge in [0.15, 0.2) is 0 Å². The number of nitrogens with zero attached hydrogens (tertiary/aromatic N) is 6. The number of benzene rings is 3. The first-order valence-corrected chi connectivity index (χ1v) is 14.0. The summed E-state index contributed by atoms with van der Waals surface area (Å²) >= 11 is 1.38. The van der Waals surface area contributed by atoms with E-state index in [0.29, 0.717) is 21.7 Å². The van der Waals surface area contributed by atoms with Crippen LogP contribution in [0.5, 0.6) is 0 Å². The zero-order valence-corrected chi connectivity index (χ0v) is 22.3. The lowest BCUT2D eigenvalue weighted by Crippen LogP contribution is -2.44. The van der Waals surface area contributed by atoms with Crippen molar-refractivity contribution in [3.05, 3.63) is 72.3 Å². The number of aromatic nitrogens is 4. The van der Waals surface area contributed by atoms with Crippen LogP contribution in [0.1, 0.15) is 18.9 Å². The average molecular weight is 544 g/mol. The Morgan fingerprint density at radius 2 is 1.67 bits per heavy atom. The zero-order valence-electron chi connectivity index (χ0n) is 21.4. The van der Waals surface area contributed by atoms with Crippen molar-refractivity contribution < 1.29 is 8.78 Å². The molecule has 198 valence electrons. The summed E-state index contributed by atoms with van der Waals surface area (Å²) in [5.74, 6) is 0.299. The molecule has 3 aromatic carbocycles. The molecule has 0 atom stereocenters. The SMILES string of the molecule is CN1CCN(c2cc3c(cc2Nc2nnc(-c4cccc(F)c4)s2)nc(-c2ccc(F)cc2)n3C2CC2)CC1. The van der Waals surface area contributed by atoms with Crippen molar-refractivity contribution >= 4 is 38.9 Å². The predicted octanol–water partition coefficient (Wildman–Crippen LogP) is 6.33. The second-order valence-electron chi connectivity index (χ2n) is 10.2. The Balaban J connectivity index is 1.32. The predicted molar refractivity (Wildman–Crippen MR) is 152 cm³/mol. The van der Waals surface area contributed by atoms with E-state index in [4.69, 9.17) is 4.98 Å². The van der Waals surface area contributed by atoms with Crippen molar-refractivity contribution in [2.75, 3.05) is 43.4 Å². The number of likely N-dealkylation sites (N-methyl/N-ethyl adjacent to an activating group) is 1. The second-order valence-corrected chi connectivity index (χ2v) is 11.2. The fourth-order valence-electron chi connectivity index (χ4n) is 5.17. The molecule has 7 nitrogen and oxygen atoms in total. The van der Waals surface area contributed by atoms with Crippen LogP contribution in [-0.4, -0.2) is 57.9 Å². The minimum Gasteiger partial charge on any atom is -0.367 e. The molecule has 0 unspecified atom stereocenters. The van der Waals surface area contributed by atoms with E-state index in [-0.39, 0.29) is 11.6 Å². The van der Waals surface area contributed by atoms with Gasteiger partial charge < -0.3 is 19.7 Å². The molecule has 2 aliphatic rings. The third-order valence-corrected chi connectivity index (χ3v) is 8.29. The molecule has 0 bridgehead atoms. The summed E-state index contributed by atoms with van der Waals surface area (Å²) in [4.78, 5) is 9.77. The van der Waals surface area contributed by atoms with Crippen LogP contribution in [0.4, 0.5) is 25.3 Å². The molecule has 3 heterocycles. The monoisotopic (exact) mass is 543 g/mol. The van der Waals surface area contributed by atoms with Crippen LogP contribution in [-0.2, 0) is 0 Å². The van der Waals surface area contributed by atoms with E-state index in [1.165, 1.54) is 35.6 Å². The van der Waals surface area contributed by atoms with Crippen LogP contribution in [0.15, 0.2) is 60.7 Å². The summed E-state index contributed by atoms with van der Waals surface area (Å²) in [7, 11) is 2.14. The van der Waals surface area contributed by atoms with Gasteiger partial charge in [-0.15, -0.1) is 10.2 Å². The molecular weight excluding hydrogens is 516 g/mol. The summed E-state index contributed by atoms with van der Waals surface area (Å²) in [5, 5.41) is 13.4. The first-order chi connectivity index (χ1) is 19.0. The van der Waals surface area contributed by atoms with Gasteiger partial charge in [0.05, 0.1) is 22.4 Å². The highest BCUT2D eigenvalue weighted by molar-refractivity contribution is 7.18. The van der Waals surface area contributed by atoms with Gasteiger partial charge in [0, 0.05) is 43.3 Å². The van der Waals surface area contributed by atoms with E-state index in [1.807, 2.05) is 6.07 Å². The van der Waals surface area contributed by atoms with Gasteiger partial charge in [-0.05, 0) is 68.4 Å². The highest BCUT2D eigenvalue weighted by Crippen LogP contribution is 2.44. The quantitative estimate of drug-likeness (QED) is 0.270. The van der Waals surface area contributed by atoms with E-state index in [1.54, 1.807) is 18.2 Å². The number of imidazole rings is 1. The summed E-state index contributed by atoms with van der Waals surface area (Å²) in [6.45, 7) is 3.76. The van der Waals surface area contributed by atoms with Crippen LogP contribution >= 0.6 is 11.3 Å². The molecule has 1 aliphatic carbocycles. The number of nitrogens with one attached hydrogen (secondary N) is 1. The summed E-state index contributed by atoms with van der Waals surface area (Å²) in [5.41, 5.74) is 5.54. The van der Waals surface area contributed by atoms with Gasteiger partial charge in [0.2, 0.25) is 5.13 Å². The number of rotatable bonds is 6. The molecule has 10 heteroatoms. The molecule has 5 aromatic rings. The van der Waals surface area contributed by atoms with Crippen molar-refractivity contribution in [2.24, 2.45) is 0 Å². The average Bonchev–Trinajstić information content (AvgIpc) is 3.55. The first-order valence-electron chi connectivity index (χ1n) is 13.1. The molecule has 0 radical (unpaired) electrons. The van der Waals surface area contributed by atoms with E-state index in [0.717, 1.165) is 72.8 Å². The third-order valence-electron chi connectivity index (χ3n) is 7.40. The number of fused-ring (bicyclic) bond motifs is 1. The molecule has 1 aliphatic heterocycles. The highest BCUT2D eigenvalue weighted by atomic mass is 32.1. The molecule has 1 saturated heterocycles. The van der Waals surface area contributed by atoms with Crippen molar-refractivity contribution in [3.8, 4) is 22.0 Å². The smallest absolute Gasteiger partial charge is 0.210 e. The Labute approximate surface area is 228 Å². The Morgan fingerprint density at radius 1 is 0.872 bits per heavy atom. The van der Waals surface area contributed by atoms with E-state index in [2.05, 4.69) is 49.1 Å². The standard InChI is InChI=1S/C29H27F2N7S/c1-36-11-13-37(14-12-36)25-17-26-24(32-27(38(26)22-9-10-22)18-5-7-20(30)8-6-18)16-23(25)33-29-35-34-28(39-29)19-3-2-4-21(31)15-19/h2-8,15-17,22H,9-14H2,1H3,(H,33,35). The van der Waals surface area contributed by atoms with Crippen LogP contribution in [0, 0.1) is 11.6 Å². The summed E-state index contributed by atoms with van der Waals surface area (Å²) in [6.07, 6.45) is 2.22. The molecule has 1 N–H and O–H groups in total. The Kier molecular flexibility index (Phi) is 6.01. The van der Waals surface area contributed by atoms with Crippen molar-refractivity contribution in [2.45, 2.75) is 18.9 Å². The molecule has 2 aromatic heterocycles. The van der Waals surface area contributed by atoms with E-state index in [9.17, 15) is 8.78 Å². The lowest BCUT2D eigenvalue weighted by Gasteiger charge is -2.35. The lowest BCUT2D eigenvalue weighted by atomic mass is 10.2. The van der Waals surface area contributed by atoms with Crippen molar-refractivity contribution in [3.63, 3.8) is 0 Å². The number of anilines is 3. The molecule has 0 spiro atoms. The first kappa shape index (κ1) is 24.2. The van der Waals surface area contributed by atoms with Gasteiger partial charge >= 0.3 is 0 Å². The number of hydrogen-bond donors (Lipinski definition) is 1. The van der Waals surface area contributed by atoms with Crippen LogP contribution in [0.25, 0.3) is 33.0 Å². The van der Waals surface area contributed by atoms with Crippen molar-refractivity contribution in [1.82, 2.24) is 24.6 Å². The molecular formula is C29H27F2N7S. The lowest BCUT2D eigenvalue weighted by molar-refractivity contribution is 0.313. The Bertz CT molecular complexity index is 1650. The second kappa shape index (κ2) is 9.69. The Hall–Kier alpha value is -3.89. The van der Waals surface area contributed by atoms with Gasteiger partial charge in [0.1, 0.15) is 22.5 Å². The zero-order chi connectivity index (χ0) is 26.5. The van der Waals surface area contributed by atoms with E-state index >= 15 is 0 Å². The van der Waals surface area contributed by atoms with Gasteiger partial charge in [-0.3, -0.25) is 0 Å². The van der Waals surface area contributed by atoms with Gasteiger partial charge in [-0.25, -0.2) is 13.8 Å². The Morgan fingerprint density at radius 3 is 2.41 bits per heavy atom. The number of halogens is 2. The summed E-state index contributed by atoms with van der Waals surface area (Å²) in [6, 6.07) is 17.7. The highest BCUT2D eigenvalue weighted by Gasteiger charge is 2.30. The van der Waals surface area contributed by atoms with Gasteiger partial charge in [0.25, 0.3) is 0 Å². The minimum absolute atomic E-state index is 0.258. The van der Waals surface area contributed by atoms with E-state index < -0.39 is 0 Å². The normalized spacial score (nSPS) is 16.2. The summed E-state index contributed by atoms with van der Waals surface area (Å²) < 4.78 is 29.8. The third kappa shape index (κ3) is 4.74. The maximum atomic E-state index is 13.8. The van der Waals surface area contributed by atoms with Gasteiger partial charge in [-0.1, -0.05) is 23.5 Å². The number of hydrogen-bond acceptors (Lipinski definition) is 7. The fraction of sp³-hybridized carbons (Fsp3) is 0.276. The van der Waals surface area contributed by atoms with Crippen molar-refractivity contribution in [1.29, 1.82) is 0 Å². The molecule has 1 saturated carbocycles. The maximum absolute atomic E-state index is 13.8. The fourth-order valence-corrected chi connectivity index (χ4v) is 5.92. The van der Waals surface area contributed by atoms with Crippen LogP contribution < -0.4 is 10.2 Å². The van der Waals surface area contributed by atoms with Crippen LogP contribution in [0.2, 0.25) is 0 Å². The topological polar surface area (TPSA) is 62.1 Å². The molecule has 0 amide bonds. The minimum atomic E-state index is -0.303. The number of piperazine rings is 1. The van der Waals surface area contributed by atoms with Crippen LogP contribution in [0.3, 0.4) is 0 Å². The molecule has 2 fully saturated rings. The van der Waals surface area contributed by atoms with Gasteiger partial charge in [-0.2, -0.15) is 0 Å². The largest absolute Gasteiger partial charge is 0.367 e. The molecule has 39 heavy (non-hydrogen) atoms. The maximum Gasteiger partial charge on any atom is 0.210 e. The molecule has 7 rings (SSSR count).